The maximum atomic E-state index is 11.2. The fourth-order valence-corrected chi connectivity index (χ4v) is 1.94. The summed E-state index contributed by atoms with van der Waals surface area (Å²) < 4.78 is 10.6. The second kappa shape index (κ2) is 13.8. The highest BCUT2D eigenvalue weighted by molar-refractivity contribution is 4.45. The van der Waals surface area contributed by atoms with Crippen LogP contribution in [0.25, 0.3) is 0 Å². The summed E-state index contributed by atoms with van der Waals surface area (Å²) in [5.41, 5.74) is 0. The van der Waals surface area contributed by atoms with Crippen LogP contribution in [0.5, 0.6) is 0 Å². The summed E-state index contributed by atoms with van der Waals surface area (Å²) in [5.74, 6) is 0. The molecule has 0 aliphatic carbocycles. The zero-order chi connectivity index (χ0) is 15.1. The predicted molar refractivity (Wildman–Crippen MR) is 84.6 cm³/mol. The molecule has 0 fully saturated rings. The number of nitrogens with zero attached hydrogens (tertiary/aromatic N) is 1. The van der Waals surface area contributed by atoms with E-state index in [1.165, 1.54) is 44.9 Å². The lowest BCUT2D eigenvalue weighted by Crippen LogP contribution is -2.35. The fourth-order valence-electron chi connectivity index (χ4n) is 1.94. The number of unbranched alkanes of at least 4 members (excludes halogenated alkanes) is 7. The first-order valence-electron chi connectivity index (χ1n) is 8.26. The monoisotopic (exact) mass is 289 g/mol. The average molecular weight is 289 g/mol. The van der Waals surface area contributed by atoms with Crippen LogP contribution >= 0.6 is 0 Å². The van der Waals surface area contributed by atoms with Gasteiger partial charge in [0, 0.05) is 6.61 Å². The van der Waals surface area contributed by atoms with Crippen molar-refractivity contribution in [3.63, 3.8) is 0 Å². The third kappa shape index (κ3) is 17.8. The van der Waals surface area contributed by atoms with Crippen molar-refractivity contribution in [2.45, 2.75) is 58.3 Å². The van der Waals surface area contributed by atoms with Gasteiger partial charge in [0.25, 0.3) is 0 Å². The molecule has 0 unspecified atom stereocenters. The molecule has 0 radical (unpaired) electrons. The molecule has 0 bridgehead atoms. The maximum absolute atomic E-state index is 11.2. The molecule has 0 aliphatic heterocycles. The van der Waals surface area contributed by atoms with Crippen LogP contribution in [0.1, 0.15) is 58.3 Å². The van der Waals surface area contributed by atoms with Crippen molar-refractivity contribution in [1.29, 1.82) is 0 Å². The van der Waals surface area contributed by atoms with E-state index in [0.29, 0.717) is 26.4 Å². The summed E-state index contributed by atoms with van der Waals surface area (Å²) in [5, 5.41) is 11.2. The van der Waals surface area contributed by atoms with Gasteiger partial charge in [0.2, 0.25) is 0 Å². The van der Waals surface area contributed by atoms with E-state index in [0.717, 1.165) is 13.0 Å². The van der Waals surface area contributed by atoms with E-state index >= 15 is 0 Å². The van der Waals surface area contributed by atoms with Gasteiger partial charge in [-0.25, -0.2) is 0 Å². The van der Waals surface area contributed by atoms with Crippen LogP contribution in [0.2, 0.25) is 0 Å². The molecular weight excluding hydrogens is 254 g/mol. The molecule has 0 atom stereocenters. The molecule has 0 aromatic heterocycles. The Balaban J connectivity index is 2.99. The summed E-state index contributed by atoms with van der Waals surface area (Å²) in [4.78, 5) is 0. The van der Waals surface area contributed by atoms with E-state index in [9.17, 15) is 5.21 Å². The van der Waals surface area contributed by atoms with Crippen LogP contribution < -0.4 is 0 Å². The minimum atomic E-state index is -0.293. The minimum absolute atomic E-state index is 0.293. The lowest BCUT2D eigenvalue weighted by molar-refractivity contribution is -0.840. The van der Waals surface area contributed by atoms with Gasteiger partial charge in [-0.3, -0.25) is 0 Å². The molecule has 0 heterocycles. The SMILES string of the molecule is CCCCCCCCCCOCCOCC[N+](C)(C)[O-]. The highest BCUT2D eigenvalue weighted by Crippen LogP contribution is 2.08. The van der Waals surface area contributed by atoms with E-state index < -0.39 is 0 Å². The van der Waals surface area contributed by atoms with Crippen LogP contribution in [-0.2, 0) is 9.47 Å². The van der Waals surface area contributed by atoms with E-state index in [1.807, 2.05) is 0 Å². The molecule has 0 saturated carbocycles. The smallest absolute Gasteiger partial charge is 0.102 e. The van der Waals surface area contributed by atoms with Crippen LogP contribution in [0, 0.1) is 5.21 Å². The zero-order valence-electron chi connectivity index (χ0n) is 13.9. The van der Waals surface area contributed by atoms with Gasteiger partial charge in [0.15, 0.2) is 0 Å². The largest absolute Gasteiger partial charge is 0.633 e. The third-order valence-electron chi connectivity index (χ3n) is 3.29. The van der Waals surface area contributed by atoms with Crippen molar-refractivity contribution >= 4 is 0 Å². The number of hydrogen-bond donors (Lipinski definition) is 0. The highest BCUT2D eigenvalue weighted by atomic mass is 16.6. The first-order valence-corrected chi connectivity index (χ1v) is 8.26. The first-order chi connectivity index (χ1) is 9.56. The Bertz CT molecular complexity index is 193. The molecule has 0 rings (SSSR count). The predicted octanol–water partition coefficient (Wildman–Crippen LogP) is 3.73. The summed E-state index contributed by atoms with van der Waals surface area (Å²) in [6.45, 7) is 5.33. The van der Waals surface area contributed by atoms with Crippen LogP contribution in [0.3, 0.4) is 0 Å². The molecule has 0 aliphatic rings. The van der Waals surface area contributed by atoms with Crippen LogP contribution in [0.4, 0.5) is 0 Å². The number of likely N-dealkylation sites (N-methyl/N-ethyl adjacent to an activating group) is 1. The highest BCUT2D eigenvalue weighted by Gasteiger charge is 2.00. The molecule has 20 heavy (non-hydrogen) atoms. The Hall–Kier alpha value is -0.160. The minimum Gasteiger partial charge on any atom is -0.633 e. The van der Waals surface area contributed by atoms with Crippen molar-refractivity contribution in [2.24, 2.45) is 0 Å². The quantitative estimate of drug-likeness (QED) is 0.262. The normalized spacial score (nSPS) is 12.0. The number of hydroxylamine groups is 3. The third-order valence-corrected chi connectivity index (χ3v) is 3.29. The standard InChI is InChI=1S/C16H35NO3/c1-4-5-6-7-8-9-10-11-13-19-15-16-20-14-12-17(2,3)18/h4-16H2,1-3H3. The molecule has 4 nitrogen and oxygen atoms in total. The van der Waals surface area contributed by atoms with Gasteiger partial charge in [-0.05, 0) is 6.42 Å². The van der Waals surface area contributed by atoms with Crippen molar-refractivity contribution in [2.75, 3.05) is 47.1 Å². The van der Waals surface area contributed by atoms with Crippen LogP contribution in [0.15, 0.2) is 0 Å². The summed E-state index contributed by atoms with van der Waals surface area (Å²) in [6, 6.07) is 0. The van der Waals surface area contributed by atoms with Crippen molar-refractivity contribution in [3.8, 4) is 0 Å². The average Bonchev–Trinajstić information content (AvgIpc) is 2.38. The molecule has 0 aromatic rings. The number of ether oxygens (including phenoxy) is 2. The number of rotatable bonds is 15. The van der Waals surface area contributed by atoms with E-state index in [2.05, 4.69) is 6.92 Å². The molecule has 0 amide bonds. The van der Waals surface area contributed by atoms with Crippen molar-refractivity contribution in [3.05, 3.63) is 5.21 Å². The van der Waals surface area contributed by atoms with Crippen molar-refractivity contribution < 1.29 is 14.1 Å². The molecular formula is C16H35NO3. The lowest BCUT2D eigenvalue weighted by atomic mass is 10.1. The molecule has 122 valence electrons. The van der Waals surface area contributed by atoms with Gasteiger partial charge < -0.3 is 19.3 Å². The number of hydrogen-bond acceptors (Lipinski definition) is 3. The van der Waals surface area contributed by atoms with Crippen molar-refractivity contribution in [1.82, 2.24) is 0 Å². The Kier molecular flexibility index (Phi) is 13.7. The number of quaternary nitrogens is 1. The van der Waals surface area contributed by atoms with Gasteiger partial charge in [-0.2, -0.15) is 0 Å². The lowest BCUT2D eigenvalue weighted by Gasteiger charge is -2.33. The van der Waals surface area contributed by atoms with E-state index in [-0.39, 0.29) is 4.65 Å². The summed E-state index contributed by atoms with van der Waals surface area (Å²) in [7, 11) is 3.25. The molecule has 0 spiro atoms. The second-order valence-corrected chi connectivity index (χ2v) is 6.00. The Morgan fingerprint density at radius 2 is 1.20 bits per heavy atom. The first kappa shape index (κ1) is 19.8. The van der Waals surface area contributed by atoms with Gasteiger partial charge in [0.1, 0.15) is 6.54 Å². The second-order valence-electron chi connectivity index (χ2n) is 6.00. The van der Waals surface area contributed by atoms with Gasteiger partial charge in [-0.15, -0.1) is 0 Å². The molecule has 0 saturated heterocycles. The van der Waals surface area contributed by atoms with Gasteiger partial charge in [0.05, 0.1) is 33.9 Å². The topological polar surface area (TPSA) is 41.5 Å². The molecule has 0 aromatic carbocycles. The van der Waals surface area contributed by atoms with Gasteiger partial charge in [-0.1, -0.05) is 51.9 Å². The Morgan fingerprint density at radius 1 is 0.700 bits per heavy atom. The van der Waals surface area contributed by atoms with E-state index in [4.69, 9.17) is 9.47 Å². The Labute approximate surface area is 125 Å². The molecule has 4 heteroatoms. The van der Waals surface area contributed by atoms with Crippen LogP contribution in [-0.4, -0.2) is 51.7 Å². The fraction of sp³-hybridized carbons (Fsp3) is 1.00. The Morgan fingerprint density at radius 3 is 1.75 bits per heavy atom. The maximum Gasteiger partial charge on any atom is 0.102 e. The van der Waals surface area contributed by atoms with E-state index in [1.54, 1.807) is 14.1 Å². The zero-order valence-corrected chi connectivity index (χ0v) is 13.9. The van der Waals surface area contributed by atoms with Gasteiger partial charge >= 0.3 is 0 Å². The molecule has 0 N–H and O–H groups in total. The summed E-state index contributed by atoms with van der Waals surface area (Å²) >= 11 is 0. The summed E-state index contributed by atoms with van der Waals surface area (Å²) in [6.07, 6.45) is 10.6.